The molecule has 0 saturated carbocycles. The van der Waals surface area contributed by atoms with Gasteiger partial charge in [0.1, 0.15) is 17.7 Å². The number of hydrogen-bond donors (Lipinski definition) is 2. The summed E-state index contributed by atoms with van der Waals surface area (Å²) in [6.45, 7) is 1.85. The van der Waals surface area contributed by atoms with Gasteiger partial charge < -0.3 is 20.2 Å². The van der Waals surface area contributed by atoms with Crippen molar-refractivity contribution < 1.29 is 28.3 Å². The molecule has 0 spiro atoms. The highest BCUT2D eigenvalue weighted by Crippen LogP contribution is 2.51. The van der Waals surface area contributed by atoms with E-state index in [1.165, 1.54) is 53.4 Å². The second-order valence-electron chi connectivity index (χ2n) is 10.9. The van der Waals surface area contributed by atoms with Crippen LogP contribution in [0.4, 0.5) is 25.0 Å². The van der Waals surface area contributed by atoms with Crippen molar-refractivity contribution in [1.82, 2.24) is 4.90 Å². The molecule has 0 aliphatic carbocycles. The summed E-state index contributed by atoms with van der Waals surface area (Å²) in [6, 6.07) is 21.4. The molecule has 9 heteroatoms. The Bertz CT molecular complexity index is 1640. The summed E-state index contributed by atoms with van der Waals surface area (Å²) in [5, 5.41) is 13.3. The van der Waals surface area contributed by atoms with Crippen LogP contribution in [0.3, 0.4) is 0 Å². The van der Waals surface area contributed by atoms with Gasteiger partial charge in [0.25, 0.3) is 0 Å². The van der Waals surface area contributed by atoms with Crippen molar-refractivity contribution in [3.05, 3.63) is 131 Å². The minimum absolute atomic E-state index is 0.254. The van der Waals surface area contributed by atoms with Gasteiger partial charge in [0.15, 0.2) is 5.78 Å². The molecule has 0 radical (unpaired) electrons. The Morgan fingerprint density at radius 3 is 1.95 bits per heavy atom. The fourth-order valence-corrected chi connectivity index (χ4v) is 5.87. The zero-order chi connectivity index (χ0) is 30.8. The minimum atomic E-state index is -1.50. The van der Waals surface area contributed by atoms with Gasteiger partial charge in [0, 0.05) is 37.0 Å². The molecule has 1 heterocycles. The largest absolute Gasteiger partial charge is 0.480 e. The molecule has 1 aliphatic rings. The van der Waals surface area contributed by atoms with E-state index in [4.69, 9.17) is 0 Å². The minimum Gasteiger partial charge on any atom is -0.480 e. The lowest BCUT2D eigenvalue weighted by Crippen LogP contribution is -2.45. The number of ketones is 1. The molecule has 4 unspecified atom stereocenters. The van der Waals surface area contributed by atoms with Crippen molar-refractivity contribution in [3.63, 3.8) is 0 Å². The standard InChI is InChI=1S/C34H31F2N3O4/c1-20-5-4-6-23(19-20)32(40)29-28(21-7-11-24(35)12-8-21)31(33(41)42)39(34(43)37-26-15-13-25(36)14-16-26)30(29)22-9-17-27(18-10-22)38(2)3/h4-19,28-31H,1-3H3,(H,37,43)(H,41,42). The Hall–Kier alpha value is -5.05. The molecule has 1 aliphatic heterocycles. The van der Waals surface area contributed by atoms with Gasteiger partial charge in [0.2, 0.25) is 0 Å². The summed E-state index contributed by atoms with van der Waals surface area (Å²) in [6.07, 6.45) is 0. The smallest absolute Gasteiger partial charge is 0.327 e. The van der Waals surface area contributed by atoms with Gasteiger partial charge in [-0.3, -0.25) is 4.79 Å². The Balaban J connectivity index is 1.72. The number of carboxylic acid groups (broad SMARTS) is 1. The summed E-state index contributed by atoms with van der Waals surface area (Å²) in [5.74, 6) is -4.75. The lowest BCUT2D eigenvalue weighted by Gasteiger charge is -2.30. The third-order valence-electron chi connectivity index (χ3n) is 7.86. The lowest BCUT2D eigenvalue weighted by molar-refractivity contribution is -0.142. The summed E-state index contributed by atoms with van der Waals surface area (Å²) in [4.78, 5) is 44.7. The predicted molar refractivity (Wildman–Crippen MR) is 160 cm³/mol. The van der Waals surface area contributed by atoms with Crippen LogP contribution < -0.4 is 10.2 Å². The van der Waals surface area contributed by atoms with E-state index in [1.807, 2.05) is 44.1 Å². The monoisotopic (exact) mass is 583 g/mol. The third-order valence-corrected chi connectivity index (χ3v) is 7.86. The van der Waals surface area contributed by atoms with E-state index >= 15 is 0 Å². The number of anilines is 2. The first-order valence-corrected chi connectivity index (χ1v) is 13.8. The van der Waals surface area contributed by atoms with E-state index in [0.717, 1.165) is 11.3 Å². The molecular weight excluding hydrogens is 552 g/mol. The number of carboxylic acids is 1. The van der Waals surface area contributed by atoms with Gasteiger partial charge >= 0.3 is 12.0 Å². The Labute approximate surface area is 248 Å². The Kier molecular flexibility index (Phi) is 8.25. The first-order valence-electron chi connectivity index (χ1n) is 13.8. The van der Waals surface area contributed by atoms with Crippen LogP contribution in [0.25, 0.3) is 0 Å². The molecule has 2 amide bonds. The maximum atomic E-state index is 14.5. The fraction of sp³-hybridized carbons (Fsp3) is 0.206. The molecule has 0 bridgehead atoms. The van der Waals surface area contributed by atoms with Gasteiger partial charge in [-0.25, -0.2) is 18.4 Å². The highest BCUT2D eigenvalue weighted by atomic mass is 19.1. The number of carbonyl (C=O) groups excluding carboxylic acids is 2. The van der Waals surface area contributed by atoms with Crippen molar-refractivity contribution >= 4 is 29.2 Å². The number of carbonyl (C=O) groups is 3. The SMILES string of the molecule is Cc1cccc(C(=O)C2C(c3ccc(F)cc3)C(C(=O)O)N(C(=O)Nc3ccc(F)cc3)C2c2ccc(N(C)C)cc2)c1. The van der Waals surface area contributed by atoms with E-state index < -0.39 is 47.6 Å². The van der Waals surface area contributed by atoms with Crippen molar-refractivity contribution in [2.45, 2.75) is 24.9 Å². The summed E-state index contributed by atoms with van der Waals surface area (Å²) in [5.41, 5.74) is 3.31. The number of likely N-dealkylation sites (tertiary alicyclic amines) is 1. The quantitative estimate of drug-likeness (QED) is 0.238. The van der Waals surface area contributed by atoms with Crippen LogP contribution in [0.15, 0.2) is 97.1 Å². The van der Waals surface area contributed by atoms with Crippen LogP contribution in [0.1, 0.15) is 39.0 Å². The normalized spacial score (nSPS) is 19.6. The number of amides is 2. The topological polar surface area (TPSA) is 90.0 Å². The van der Waals surface area contributed by atoms with Crippen LogP contribution in [0.5, 0.6) is 0 Å². The zero-order valence-electron chi connectivity index (χ0n) is 23.9. The number of benzene rings is 4. The molecule has 5 rings (SSSR count). The molecule has 1 saturated heterocycles. The highest BCUT2D eigenvalue weighted by molar-refractivity contribution is 6.02. The molecule has 2 N–H and O–H groups in total. The van der Waals surface area contributed by atoms with Gasteiger partial charge in [-0.1, -0.05) is 48.0 Å². The maximum absolute atomic E-state index is 14.5. The second kappa shape index (κ2) is 12.1. The van der Waals surface area contributed by atoms with E-state index in [9.17, 15) is 28.3 Å². The van der Waals surface area contributed by atoms with Crippen LogP contribution in [-0.4, -0.2) is 47.9 Å². The van der Waals surface area contributed by atoms with Crippen molar-refractivity contribution in [3.8, 4) is 0 Å². The molecule has 4 atom stereocenters. The molecule has 220 valence electrons. The lowest BCUT2D eigenvalue weighted by atomic mass is 9.76. The van der Waals surface area contributed by atoms with Gasteiger partial charge in [-0.2, -0.15) is 0 Å². The number of nitrogens with one attached hydrogen (secondary N) is 1. The average Bonchev–Trinajstić information content (AvgIpc) is 3.35. The highest BCUT2D eigenvalue weighted by Gasteiger charge is 2.57. The number of aryl methyl sites for hydroxylation is 1. The number of urea groups is 1. The molecule has 0 aromatic heterocycles. The number of Topliss-reactive ketones (excluding diaryl/α,β-unsaturated/α-hetero) is 1. The van der Waals surface area contributed by atoms with E-state index in [-0.39, 0.29) is 11.5 Å². The maximum Gasteiger partial charge on any atom is 0.327 e. The molecule has 4 aromatic carbocycles. The second-order valence-corrected chi connectivity index (χ2v) is 10.9. The van der Waals surface area contributed by atoms with Crippen molar-refractivity contribution in [1.29, 1.82) is 0 Å². The first kappa shape index (κ1) is 29.4. The fourth-order valence-electron chi connectivity index (χ4n) is 5.87. The van der Waals surface area contributed by atoms with E-state index in [0.29, 0.717) is 16.7 Å². The first-order chi connectivity index (χ1) is 20.5. The number of nitrogens with zero attached hydrogens (tertiary/aromatic N) is 2. The number of hydrogen-bond acceptors (Lipinski definition) is 4. The van der Waals surface area contributed by atoms with Crippen molar-refractivity contribution in [2.24, 2.45) is 5.92 Å². The van der Waals surface area contributed by atoms with Gasteiger partial charge in [-0.15, -0.1) is 0 Å². The van der Waals surface area contributed by atoms with E-state index in [1.54, 1.807) is 30.3 Å². The predicted octanol–water partition coefficient (Wildman–Crippen LogP) is 6.66. The molecule has 43 heavy (non-hydrogen) atoms. The molecule has 4 aromatic rings. The average molecular weight is 584 g/mol. The van der Waals surface area contributed by atoms with Gasteiger partial charge in [0.05, 0.1) is 12.0 Å². The number of halogens is 2. The van der Waals surface area contributed by atoms with Crippen LogP contribution in [0, 0.1) is 24.5 Å². The van der Waals surface area contributed by atoms with Gasteiger partial charge in [-0.05, 0) is 72.6 Å². The Morgan fingerprint density at radius 1 is 0.814 bits per heavy atom. The molecule has 7 nitrogen and oxygen atoms in total. The van der Waals surface area contributed by atoms with Crippen LogP contribution >= 0.6 is 0 Å². The molecule has 1 fully saturated rings. The van der Waals surface area contributed by atoms with Crippen LogP contribution in [-0.2, 0) is 4.79 Å². The number of aliphatic carboxylic acids is 1. The number of rotatable bonds is 7. The Morgan fingerprint density at radius 2 is 1.40 bits per heavy atom. The summed E-state index contributed by atoms with van der Waals surface area (Å²) >= 11 is 0. The van der Waals surface area contributed by atoms with Crippen molar-refractivity contribution in [2.75, 3.05) is 24.3 Å². The zero-order valence-corrected chi connectivity index (χ0v) is 23.9. The summed E-state index contributed by atoms with van der Waals surface area (Å²) in [7, 11) is 3.75. The third kappa shape index (κ3) is 5.97. The molecular formula is C34H31F2N3O4. The summed E-state index contributed by atoms with van der Waals surface area (Å²) < 4.78 is 27.6. The van der Waals surface area contributed by atoms with E-state index in [2.05, 4.69) is 5.32 Å². The van der Waals surface area contributed by atoms with Crippen LogP contribution in [0.2, 0.25) is 0 Å².